The van der Waals surface area contributed by atoms with Crippen LogP contribution in [-0.4, -0.2) is 25.7 Å². The van der Waals surface area contributed by atoms with Gasteiger partial charge in [0.1, 0.15) is 10.8 Å². The Labute approximate surface area is 120 Å². The third kappa shape index (κ3) is 5.58. The van der Waals surface area contributed by atoms with Crippen LogP contribution in [0.3, 0.4) is 0 Å². The Morgan fingerprint density at radius 1 is 1.21 bits per heavy atom. The molecule has 0 radical (unpaired) electrons. The zero-order valence-corrected chi connectivity index (χ0v) is 13.7. The fourth-order valence-electron chi connectivity index (χ4n) is 1.86. The lowest BCUT2D eigenvalue weighted by Crippen LogP contribution is -2.13. The summed E-state index contributed by atoms with van der Waals surface area (Å²) >= 11 is 1.53. The van der Waals surface area contributed by atoms with Crippen molar-refractivity contribution >= 4 is 21.2 Å². The molecule has 0 unspecified atom stereocenters. The highest BCUT2D eigenvalue weighted by Crippen LogP contribution is 2.21. The predicted octanol–water partition coefficient (Wildman–Crippen LogP) is 2.53. The van der Waals surface area contributed by atoms with Crippen LogP contribution in [0.4, 0.5) is 0 Å². The van der Waals surface area contributed by atoms with Crippen molar-refractivity contribution in [3.05, 3.63) is 15.6 Å². The van der Waals surface area contributed by atoms with Crippen molar-refractivity contribution < 1.29 is 8.42 Å². The SMILES string of the molecule is CCCNCc1sc(CS(=O)(=O)CCC)nc1CC. The molecule has 0 saturated carbocycles. The van der Waals surface area contributed by atoms with Gasteiger partial charge in [-0.3, -0.25) is 0 Å². The number of hydrogen-bond donors (Lipinski definition) is 1. The highest BCUT2D eigenvalue weighted by molar-refractivity contribution is 7.90. The van der Waals surface area contributed by atoms with Gasteiger partial charge in [-0.25, -0.2) is 13.4 Å². The van der Waals surface area contributed by atoms with E-state index in [4.69, 9.17) is 0 Å². The monoisotopic (exact) mass is 304 g/mol. The number of aromatic nitrogens is 1. The van der Waals surface area contributed by atoms with E-state index < -0.39 is 9.84 Å². The molecule has 1 aromatic heterocycles. The maximum absolute atomic E-state index is 11.8. The van der Waals surface area contributed by atoms with E-state index in [1.54, 1.807) is 0 Å². The van der Waals surface area contributed by atoms with Crippen LogP contribution in [0.1, 0.15) is 49.2 Å². The molecule has 0 atom stereocenters. The van der Waals surface area contributed by atoms with Crippen molar-refractivity contribution in [1.82, 2.24) is 10.3 Å². The maximum Gasteiger partial charge on any atom is 0.156 e. The van der Waals surface area contributed by atoms with Gasteiger partial charge in [-0.1, -0.05) is 20.8 Å². The topological polar surface area (TPSA) is 59.1 Å². The van der Waals surface area contributed by atoms with E-state index >= 15 is 0 Å². The van der Waals surface area contributed by atoms with Crippen molar-refractivity contribution in [1.29, 1.82) is 0 Å². The number of nitrogens with zero attached hydrogens (tertiary/aromatic N) is 1. The Morgan fingerprint density at radius 3 is 2.53 bits per heavy atom. The van der Waals surface area contributed by atoms with Crippen LogP contribution in [0.15, 0.2) is 0 Å². The highest BCUT2D eigenvalue weighted by atomic mass is 32.2. The molecular weight excluding hydrogens is 280 g/mol. The molecule has 1 rings (SSSR count). The number of rotatable bonds is 9. The molecule has 1 heterocycles. The fourth-order valence-corrected chi connectivity index (χ4v) is 4.77. The molecule has 110 valence electrons. The van der Waals surface area contributed by atoms with Crippen molar-refractivity contribution in [2.24, 2.45) is 0 Å². The second-order valence-electron chi connectivity index (χ2n) is 4.60. The van der Waals surface area contributed by atoms with E-state index in [0.29, 0.717) is 6.42 Å². The van der Waals surface area contributed by atoms with Crippen LogP contribution in [0.5, 0.6) is 0 Å². The largest absolute Gasteiger partial charge is 0.312 e. The third-order valence-corrected chi connectivity index (χ3v) is 5.75. The molecule has 0 aliphatic heterocycles. The molecule has 0 aromatic carbocycles. The van der Waals surface area contributed by atoms with Gasteiger partial charge < -0.3 is 5.32 Å². The molecule has 19 heavy (non-hydrogen) atoms. The van der Waals surface area contributed by atoms with Gasteiger partial charge in [0, 0.05) is 11.4 Å². The van der Waals surface area contributed by atoms with E-state index in [1.165, 1.54) is 16.2 Å². The summed E-state index contributed by atoms with van der Waals surface area (Å²) in [5.41, 5.74) is 1.04. The fraction of sp³-hybridized carbons (Fsp3) is 0.769. The Kier molecular flexibility index (Phi) is 6.96. The molecule has 0 aliphatic carbocycles. The summed E-state index contributed by atoms with van der Waals surface area (Å²) in [5.74, 6) is 0.337. The minimum Gasteiger partial charge on any atom is -0.312 e. The van der Waals surface area contributed by atoms with Crippen LogP contribution in [0.2, 0.25) is 0 Å². The zero-order valence-electron chi connectivity index (χ0n) is 12.0. The van der Waals surface area contributed by atoms with Gasteiger partial charge in [-0.2, -0.15) is 0 Å². The normalized spacial score (nSPS) is 11.9. The Hall–Kier alpha value is -0.460. The molecule has 0 saturated heterocycles. The first kappa shape index (κ1) is 16.6. The molecule has 0 bridgehead atoms. The van der Waals surface area contributed by atoms with Gasteiger partial charge in [0.2, 0.25) is 0 Å². The highest BCUT2D eigenvalue weighted by Gasteiger charge is 2.16. The minimum absolute atomic E-state index is 0.0896. The average molecular weight is 304 g/mol. The second kappa shape index (κ2) is 7.97. The summed E-state index contributed by atoms with van der Waals surface area (Å²) < 4.78 is 23.6. The Balaban J connectivity index is 2.75. The summed E-state index contributed by atoms with van der Waals surface area (Å²) in [6.07, 6.45) is 2.62. The van der Waals surface area contributed by atoms with Crippen LogP contribution in [0.25, 0.3) is 0 Å². The van der Waals surface area contributed by atoms with Gasteiger partial charge in [0.25, 0.3) is 0 Å². The van der Waals surface area contributed by atoms with Crippen LogP contribution >= 0.6 is 11.3 Å². The zero-order chi connectivity index (χ0) is 14.3. The molecule has 0 amide bonds. The molecule has 0 fully saturated rings. The predicted molar refractivity (Wildman–Crippen MR) is 81.3 cm³/mol. The third-order valence-electron chi connectivity index (χ3n) is 2.73. The molecule has 1 N–H and O–H groups in total. The molecular formula is C13H24N2O2S2. The Bertz CT molecular complexity index is 481. The molecule has 1 aromatic rings. The van der Waals surface area contributed by atoms with Crippen molar-refractivity contribution in [3.63, 3.8) is 0 Å². The van der Waals surface area contributed by atoms with E-state index in [1.807, 2.05) is 6.92 Å². The summed E-state index contributed by atoms with van der Waals surface area (Å²) in [4.78, 5) is 5.65. The average Bonchev–Trinajstić information content (AvgIpc) is 2.70. The second-order valence-corrected chi connectivity index (χ2v) is 7.95. The van der Waals surface area contributed by atoms with Crippen molar-refractivity contribution in [2.45, 2.75) is 52.3 Å². The van der Waals surface area contributed by atoms with E-state index in [2.05, 4.69) is 24.1 Å². The smallest absolute Gasteiger partial charge is 0.156 e. The number of sulfone groups is 1. The first-order valence-electron chi connectivity index (χ1n) is 6.91. The first-order chi connectivity index (χ1) is 9.02. The van der Waals surface area contributed by atoms with E-state index in [-0.39, 0.29) is 11.5 Å². The summed E-state index contributed by atoms with van der Waals surface area (Å²) in [6, 6.07) is 0. The quantitative estimate of drug-likeness (QED) is 0.712. The molecule has 6 heteroatoms. The number of thiazole rings is 1. The number of aryl methyl sites for hydroxylation is 1. The standard InChI is InChI=1S/C13H24N2O2S2/c1-4-7-14-9-12-11(6-3)15-13(18-12)10-19(16,17)8-5-2/h14H,4-10H2,1-3H3. The lowest BCUT2D eigenvalue weighted by Gasteiger charge is -2.01. The van der Waals surface area contributed by atoms with E-state index in [0.717, 1.165) is 36.6 Å². The lowest BCUT2D eigenvalue weighted by molar-refractivity contribution is 0.593. The molecule has 0 aliphatic rings. The van der Waals surface area contributed by atoms with Crippen molar-refractivity contribution in [3.8, 4) is 0 Å². The molecule has 4 nitrogen and oxygen atoms in total. The van der Waals surface area contributed by atoms with E-state index in [9.17, 15) is 8.42 Å². The summed E-state index contributed by atoms with van der Waals surface area (Å²) in [7, 11) is -2.99. The van der Waals surface area contributed by atoms with Crippen molar-refractivity contribution in [2.75, 3.05) is 12.3 Å². The van der Waals surface area contributed by atoms with Crippen LogP contribution < -0.4 is 5.32 Å². The first-order valence-corrected chi connectivity index (χ1v) is 9.54. The van der Waals surface area contributed by atoms with Crippen LogP contribution in [-0.2, 0) is 28.6 Å². The number of nitrogens with one attached hydrogen (secondary N) is 1. The van der Waals surface area contributed by atoms with Gasteiger partial charge in [-0.05, 0) is 25.8 Å². The number of hydrogen-bond acceptors (Lipinski definition) is 5. The van der Waals surface area contributed by atoms with Gasteiger partial charge in [-0.15, -0.1) is 11.3 Å². The van der Waals surface area contributed by atoms with Gasteiger partial charge >= 0.3 is 0 Å². The minimum atomic E-state index is -2.99. The lowest BCUT2D eigenvalue weighted by atomic mass is 10.3. The van der Waals surface area contributed by atoms with Gasteiger partial charge in [0.15, 0.2) is 9.84 Å². The molecule has 0 spiro atoms. The summed E-state index contributed by atoms with van der Waals surface area (Å²) in [5, 5.41) is 4.08. The summed E-state index contributed by atoms with van der Waals surface area (Å²) in [6.45, 7) is 7.84. The van der Waals surface area contributed by atoms with Crippen LogP contribution in [0, 0.1) is 0 Å². The van der Waals surface area contributed by atoms with Gasteiger partial charge in [0.05, 0.1) is 11.4 Å². The maximum atomic E-state index is 11.8. The Morgan fingerprint density at radius 2 is 1.95 bits per heavy atom.